The molecule has 0 aromatic heterocycles. The van der Waals surface area contributed by atoms with Crippen LogP contribution in [0.4, 0.5) is 0 Å². The van der Waals surface area contributed by atoms with Gasteiger partial charge in [-0.3, -0.25) is 14.7 Å². The van der Waals surface area contributed by atoms with Gasteiger partial charge in [0, 0.05) is 32.2 Å². The maximum atomic E-state index is 11.8. The van der Waals surface area contributed by atoms with E-state index in [1.54, 1.807) is 7.11 Å². The van der Waals surface area contributed by atoms with E-state index in [9.17, 15) is 4.79 Å². The molecule has 1 aromatic carbocycles. The Bertz CT molecular complexity index is 701. The standard InChI is InChI=1S/C22H34N4O3.HI/c1-23-22(26-14-10-17(11-15-26)21(27)29-3)24-16-19(25-12-6-7-13-25)18-8-4-5-9-20(18)28-2;/h4-5,8-9,17,19H,6-7,10-16H2,1-3H3,(H,23,24);1H. The van der Waals surface area contributed by atoms with E-state index < -0.39 is 0 Å². The van der Waals surface area contributed by atoms with E-state index in [1.807, 2.05) is 19.2 Å². The lowest BCUT2D eigenvalue weighted by molar-refractivity contribution is -0.146. The molecule has 0 radical (unpaired) electrons. The van der Waals surface area contributed by atoms with E-state index in [1.165, 1.54) is 25.5 Å². The molecule has 0 amide bonds. The van der Waals surface area contributed by atoms with Gasteiger partial charge in [-0.15, -0.1) is 24.0 Å². The second kappa shape index (κ2) is 12.3. The number of nitrogens with one attached hydrogen (secondary N) is 1. The number of halogens is 1. The third kappa shape index (κ3) is 6.00. The normalized spacial score (nSPS) is 19.2. The number of guanidine groups is 1. The molecule has 8 heteroatoms. The number of esters is 1. The van der Waals surface area contributed by atoms with Gasteiger partial charge in [-0.25, -0.2) is 0 Å². The number of nitrogens with zero attached hydrogens (tertiary/aromatic N) is 3. The number of carbonyl (C=O) groups excluding carboxylic acids is 1. The van der Waals surface area contributed by atoms with Gasteiger partial charge in [0.15, 0.2) is 5.96 Å². The Morgan fingerprint density at radius 3 is 2.43 bits per heavy atom. The van der Waals surface area contributed by atoms with Crippen LogP contribution in [0.5, 0.6) is 5.75 Å². The Balaban J connectivity index is 0.00000320. The number of piperidine rings is 1. The molecule has 2 saturated heterocycles. The number of benzene rings is 1. The van der Waals surface area contributed by atoms with Crippen LogP contribution < -0.4 is 10.1 Å². The van der Waals surface area contributed by atoms with Crippen molar-refractivity contribution in [3.8, 4) is 5.75 Å². The van der Waals surface area contributed by atoms with Crippen LogP contribution in [0.2, 0.25) is 0 Å². The number of rotatable bonds is 6. The fraction of sp³-hybridized carbons (Fsp3) is 0.636. The van der Waals surface area contributed by atoms with E-state index in [0.717, 1.165) is 57.3 Å². The summed E-state index contributed by atoms with van der Waals surface area (Å²) >= 11 is 0. The van der Waals surface area contributed by atoms with Crippen molar-refractivity contribution < 1.29 is 14.3 Å². The van der Waals surface area contributed by atoms with Crippen LogP contribution >= 0.6 is 24.0 Å². The first-order valence-corrected chi connectivity index (χ1v) is 10.6. The van der Waals surface area contributed by atoms with Crippen LogP contribution in [0.1, 0.15) is 37.3 Å². The van der Waals surface area contributed by atoms with Gasteiger partial charge in [0.1, 0.15) is 5.75 Å². The average molecular weight is 530 g/mol. The lowest BCUT2D eigenvalue weighted by atomic mass is 9.97. The summed E-state index contributed by atoms with van der Waals surface area (Å²) in [4.78, 5) is 21.1. The van der Waals surface area contributed by atoms with Crippen molar-refractivity contribution in [2.75, 3.05) is 54.0 Å². The van der Waals surface area contributed by atoms with Crippen LogP contribution in [0, 0.1) is 5.92 Å². The van der Waals surface area contributed by atoms with Crippen molar-refractivity contribution >= 4 is 35.9 Å². The molecule has 1 unspecified atom stereocenters. The minimum atomic E-state index is -0.0992. The minimum Gasteiger partial charge on any atom is -0.496 e. The summed E-state index contributed by atoms with van der Waals surface area (Å²) in [6, 6.07) is 8.52. The SMILES string of the molecule is CN=C(NCC(c1ccccc1OC)N1CCCC1)N1CCC(C(=O)OC)CC1.I. The molecule has 1 atom stereocenters. The van der Waals surface area contributed by atoms with Crippen LogP contribution in [-0.2, 0) is 9.53 Å². The molecule has 7 nitrogen and oxygen atoms in total. The molecule has 0 bridgehead atoms. The van der Waals surface area contributed by atoms with Gasteiger partial charge in [-0.05, 0) is 44.8 Å². The predicted molar refractivity (Wildman–Crippen MR) is 130 cm³/mol. The summed E-state index contributed by atoms with van der Waals surface area (Å²) < 4.78 is 10.5. The molecule has 2 fully saturated rings. The zero-order chi connectivity index (χ0) is 20.6. The number of ether oxygens (including phenoxy) is 2. The van der Waals surface area contributed by atoms with Crippen LogP contribution in [0.3, 0.4) is 0 Å². The van der Waals surface area contributed by atoms with E-state index in [2.05, 4.69) is 32.2 Å². The maximum Gasteiger partial charge on any atom is 0.308 e. The molecule has 2 heterocycles. The van der Waals surface area contributed by atoms with E-state index in [0.29, 0.717) is 0 Å². The van der Waals surface area contributed by atoms with Crippen molar-refractivity contribution in [3.63, 3.8) is 0 Å². The minimum absolute atomic E-state index is 0. The van der Waals surface area contributed by atoms with Gasteiger partial charge in [0.05, 0.1) is 26.2 Å². The predicted octanol–water partition coefficient (Wildman–Crippen LogP) is 2.91. The number of aliphatic imine (C=N–C) groups is 1. The molecule has 0 aliphatic carbocycles. The highest BCUT2D eigenvalue weighted by atomic mass is 127. The van der Waals surface area contributed by atoms with Crippen molar-refractivity contribution in [2.24, 2.45) is 10.9 Å². The summed E-state index contributed by atoms with van der Waals surface area (Å²) in [7, 11) is 5.02. The highest BCUT2D eigenvalue weighted by Gasteiger charge is 2.29. The highest BCUT2D eigenvalue weighted by molar-refractivity contribution is 14.0. The number of para-hydroxylation sites is 1. The number of hydrogen-bond donors (Lipinski definition) is 1. The summed E-state index contributed by atoms with van der Waals surface area (Å²) in [5.41, 5.74) is 1.21. The topological polar surface area (TPSA) is 66.4 Å². The largest absolute Gasteiger partial charge is 0.496 e. The Morgan fingerprint density at radius 1 is 1.17 bits per heavy atom. The molecule has 1 aromatic rings. The molecule has 0 saturated carbocycles. The average Bonchev–Trinajstić information content (AvgIpc) is 3.31. The third-order valence-electron chi connectivity index (χ3n) is 6.07. The molecular formula is C22H35IN4O3. The molecule has 30 heavy (non-hydrogen) atoms. The van der Waals surface area contributed by atoms with Gasteiger partial charge in [-0.2, -0.15) is 0 Å². The lowest BCUT2D eigenvalue weighted by Gasteiger charge is -2.35. The smallest absolute Gasteiger partial charge is 0.308 e. The van der Waals surface area contributed by atoms with Gasteiger partial charge < -0.3 is 19.7 Å². The van der Waals surface area contributed by atoms with Crippen molar-refractivity contribution in [1.29, 1.82) is 0 Å². The Morgan fingerprint density at radius 2 is 1.83 bits per heavy atom. The number of methoxy groups -OCH3 is 2. The van der Waals surface area contributed by atoms with Crippen LogP contribution in [-0.4, -0.2) is 75.7 Å². The molecule has 1 N–H and O–H groups in total. The highest BCUT2D eigenvalue weighted by Crippen LogP contribution is 2.31. The summed E-state index contributed by atoms with van der Waals surface area (Å²) in [6.45, 7) is 4.59. The monoisotopic (exact) mass is 530 g/mol. The number of carbonyl (C=O) groups is 1. The van der Waals surface area contributed by atoms with Crippen LogP contribution in [0.25, 0.3) is 0 Å². The zero-order valence-electron chi connectivity index (χ0n) is 18.3. The molecule has 168 valence electrons. The van der Waals surface area contributed by atoms with E-state index in [4.69, 9.17) is 9.47 Å². The van der Waals surface area contributed by atoms with Crippen molar-refractivity contribution in [1.82, 2.24) is 15.1 Å². The molecule has 2 aliphatic heterocycles. The maximum absolute atomic E-state index is 11.8. The molecule has 2 aliphatic rings. The fourth-order valence-electron chi connectivity index (χ4n) is 4.44. The second-order valence-corrected chi connectivity index (χ2v) is 7.71. The van der Waals surface area contributed by atoms with E-state index >= 15 is 0 Å². The summed E-state index contributed by atoms with van der Waals surface area (Å²) in [5.74, 6) is 1.73. The Labute approximate surface area is 197 Å². The fourth-order valence-corrected chi connectivity index (χ4v) is 4.44. The summed E-state index contributed by atoms with van der Waals surface area (Å²) in [5, 5.41) is 3.59. The summed E-state index contributed by atoms with van der Waals surface area (Å²) in [6.07, 6.45) is 4.08. The first kappa shape index (κ1) is 24.7. The first-order chi connectivity index (χ1) is 14.2. The van der Waals surface area contributed by atoms with Crippen molar-refractivity contribution in [2.45, 2.75) is 31.7 Å². The zero-order valence-corrected chi connectivity index (χ0v) is 20.6. The van der Waals surface area contributed by atoms with Crippen molar-refractivity contribution in [3.05, 3.63) is 29.8 Å². The molecule has 3 rings (SSSR count). The number of likely N-dealkylation sites (tertiary alicyclic amines) is 2. The van der Waals surface area contributed by atoms with Gasteiger partial charge >= 0.3 is 5.97 Å². The quantitative estimate of drug-likeness (QED) is 0.264. The Kier molecular flexibility index (Phi) is 10.2. The lowest BCUT2D eigenvalue weighted by Crippen LogP contribution is -2.48. The van der Waals surface area contributed by atoms with E-state index in [-0.39, 0.29) is 41.9 Å². The van der Waals surface area contributed by atoms with Gasteiger partial charge in [-0.1, -0.05) is 18.2 Å². The van der Waals surface area contributed by atoms with Gasteiger partial charge in [0.25, 0.3) is 0 Å². The first-order valence-electron chi connectivity index (χ1n) is 10.6. The van der Waals surface area contributed by atoms with Gasteiger partial charge in [0.2, 0.25) is 0 Å². The molecule has 0 spiro atoms. The third-order valence-corrected chi connectivity index (χ3v) is 6.07. The second-order valence-electron chi connectivity index (χ2n) is 7.71. The molecular weight excluding hydrogens is 495 g/mol. The Hall–Kier alpha value is -1.55. The van der Waals surface area contributed by atoms with Crippen LogP contribution in [0.15, 0.2) is 29.3 Å². The number of hydrogen-bond acceptors (Lipinski definition) is 5.